The predicted octanol–water partition coefficient (Wildman–Crippen LogP) is -1.15. The maximum atomic E-state index is 13.4. The van der Waals surface area contributed by atoms with Crippen molar-refractivity contribution in [3.05, 3.63) is 18.2 Å². The van der Waals surface area contributed by atoms with E-state index in [-0.39, 0.29) is 18.9 Å². The number of rotatable bonds is 12. The van der Waals surface area contributed by atoms with Gasteiger partial charge in [0.2, 0.25) is 17.7 Å². The summed E-state index contributed by atoms with van der Waals surface area (Å²) in [6, 6.07) is -4.45. The van der Waals surface area contributed by atoms with Crippen LogP contribution in [-0.4, -0.2) is 85.5 Å². The van der Waals surface area contributed by atoms with Gasteiger partial charge in [-0.05, 0) is 18.8 Å². The lowest BCUT2D eigenvalue weighted by Crippen LogP contribution is -2.58. The van der Waals surface area contributed by atoms with Crippen molar-refractivity contribution in [2.45, 2.75) is 70.1 Å². The predicted molar refractivity (Wildman–Crippen MR) is 118 cm³/mol. The molecule has 1 saturated heterocycles. The van der Waals surface area contributed by atoms with Gasteiger partial charge in [-0.15, -0.1) is 0 Å². The van der Waals surface area contributed by atoms with Gasteiger partial charge in [0.05, 0.1) is 18.8 Å². The van der Waals surface area contributed by atoms with E-state index in [1.54, 1.807) is 6.92 Å². The van der Waals surface area contributed by atoms with E-state index in [4.69, 9.17) is 10.8 Å². The van der Waals surface area contributed by atoms with E-state index in [9.17, 15) is 29.1 Å². The Morgan fingerprint density at radius 3 is 2.53 bits per heavy atom. The number of imidazole rings is 1. The number of H-pyrrole nitrogens is 1. The lowest BCUT2D eigenvalue weighted by molar-refractivity contribution is -0.145. The third kappa shape index (κ3) is 7.01. The number of nitrogens with one attached hydrogen (secondary N) is 3. The van der Waals surface area contributed by atoms with Gasteiger partial charge in [0.25, 0.3) is 0 Å². The number of nitrogens with zero attached hydrogens (tertiary/aromatic N) is 2. The monoisotopic (exact) mass is 480 g/mol. The highest BCUT2D eigenvalue weighted by Gasteiger charge is 2.40. The quantitative estimate of drug-likeness (QED) is 0.213. The van der Waals surface area contributed by atoms with Gasteiger partial charge in [-0.25, -0.2) is 9.78 Å². The fourth-order valence-electron chi connectivity index (χ4n) is 3.79. The minimum absolute atomic E-state index is 0.00520. The highest BCUT2D eigenvalue weighted by atomic mass is 16.4. The molecule has 0 bridgehead atoms. The summed E-state index contributed by atoms with van der Waals surface area (Å²) >= 11 is 0. The number of likely N-dealkylation sites (tertiary alicyclic amines) is 1. The third-order valence-electron chi connectivity index (χ3n) is 5.94. The van der Waals surface area contributed by atoms with Crippen molar-refractivity contribution >= 4 is 29.7 Å². The van der Waals surface area contributed by atoms with Crippen LogP contribution in [0.5, 0.6) is 0 Å². The maximum absolute atomic E-state index is 13.4. The van der Waals surface area contributed by atoms with Gasteiger partial charge in [0.15, 0.2) is 0 Å². The Morgan fingerprint density at radius 2 is 1.97 bits per heavy atom. The summed E-state index contributed by atoms with van der Waals surface area (Å²) < 4.78 is 0. The van der Waals surface area contributed by atoms with Gasteiger partial charge >= 0.3 is 11.9 Å². The molecule has 7 N–H and O–H groups in total. The van der Waals surface area contributed by atoms with E-state index in [0.717, 1.165) is 0 Å². The van der Waals surface area contributed by atoms with Crippen LogP contribution >= 0.6 is 0 Å². The Hall–Kier alpha value is -3.48. The highest BCUT2D eigenvalue weighted by molar-refractivity contribution is 5.95. The number of carbonyl (C=O) groups is 5. The van der Waals surface area contributed by atoms with Crippen LogP contribution in [0.15, 0.2) is 12.5 Å². The molecule has 0 radical (unpaired) electrons. The molecular weight excluding hydrogens is 448 g/mol. The molecule has 188 valence electrons. The Bertz CT molecular complexity index is 890. The summed E-state index contributed by atoms with van der Waals surface area (Å²) in [6.07, 6.45) is 3.67. The lowest BCUT2D eigenvalue weighted by Gasteiger charge is -2.32. The van der Waals surface area contributed by atoms with E-state index in [1.807, 2.05) is 6.92 Å². The molecule has 0 aromatic carbocycles. The molecule has 5 atom stereocenters. The average molecular weight is 481 g/mol. The first-order valence-electron chi connectivity index (χ1n) is 11.1. The SMILES string of the molecule is CCC(C)C(NC(=O)C(N)CC(=O)O)C(=O)N1CCCC1C(=O)NC(Cc1cnc[nH]1)C(=O)O. The van der Waals surface area contributed by atoms with Crippen LogP contribution in [0.2, 0.25) is 0 Å². The Balaban J connectivity index is 2.13. The molecular formula is C21H32N6O7. The molecule has 13 heteroatoms. The van der Waals surface area contributed by atoms with E-state index in [0.29, 0.717) is 25.0 Å². The van der Waals surface area contributed by atoms with Crippen LogP contribution in [-0.2, 0) is 30.4 Å². The van der Waals surface area contributed by atoms with Gasteiger partial charge in [-0.1, -0.05) is 20.3 Å². The number of carboxylic acid groups (broad SMARTS) is 2. The van der Waals surface area contributed by atoms with Crippen molar-refractivity contribution in [3.63, 3.8) is 0 Å². The molecule has 5 unspecified atom stereocenters. The molecule has 0 saturated carbocycles. The van der Waals surface area contributed by atoms with E-state index in [1.165, 1.54) is 17.4 Å². The summed E-state index contributed by atoms with van der Waals surface area (Å²) in [6.45, 7) is 3.84. The van der Waals surface area contributed by atoms with Crippen LogP contribution in [0, 0.1) is 5.92 Å². The van der Waals surface area contributed by atoms with Crippen molar-refractivity contribution in [2.75, 3.05) is 6.54 Å². The second-order valence-electron chi connectivity index (χ2n) is 8.45. The van der Waals surface area contributed by atoms with Crippen molar-refractivity contribution in [1.29, 1.82) is 0 Å². The van der Waals surface area contributed by atoms with Crippen LogP contribution < -0.4 is 16.4 Å². The molecule has 1 aromatic heterocycles. The topological polar surface area (TPSA) is 208 Å². The molecule has 1 aliphatic rings. The molecule has 0 spiro atoms. The number of hydrogen-bond acceptors (Lipinski definition) is 7. The molecule has 1 fully saturated rings. The second-order valence-corrected chi connectivity index (χ2v) is 8.45. The number of carbonyl (C=O) groups excluding carboxylic acids is 3. The van der Waals surface area contributed by atoms with E-state index < -0.39 is 60.2 Å². The molecule has 13 nitrogen and oxygen atoms in total. The van der Waals surface area contributed by atoms with E-state index >= 15 is 0 Å². The molecule has 2 heterocycles. The van der Waals surface area contributed by atoms with Crippen LogP contribution in [0.3, 0.4) is 0 Å². The standard InChI is InChI=1S/C21H32N6O7/c1-3-11(2)17(26-18(30)13(22)8-16(28)29)20(32)27-6-4-5-15(27)19(31)25-14(21(33)34)7-12-9-23-10-24-12/h9-11,13-15,17H,3-8,22H2,1-2H3,(H,23,24)(H,25,31)(H,26,30)(H,28,29)(H,33,34). The minimum atomic E-state index is -1.33. The molecule has 1 aliphatic heterocycles. The first-order valence-corrected chi connectivity index (χ1v) is 11.1. The summed E-state index contributed by atoms with van der Waals surface area (Å²) in [7, 11) is 0. The Kier molecular flexibility index (Phi) is 9.54. The maximum Gasteiger partial charge on any atom is 0.326 e. The van der Waals surface area contributed by atoms with Crippen LogP contribution in [0.25, 0.3) is 0 Å². The number of nitrogens with two attached hydrogens (primary N) is 1. The number of carboxylic acids is 2. The Labute approximate surface area is 196 Å². The average Bonchev–Trinajstić information content (AvgIpc) is 3.47. The first kappa shape index (κ1) is 26.8. The molecule has 2 rings (SSSR count). The second kappa shape index (κ2) is 12.1. The summed E-state index contributed by atoms with van der Waals surface area (Å²) in [5, 5.41) is 23.4. The first-order chi connectivity index (χ1) is 16.0. The van der Waals surface area contributed by atoms with Gasteiger partial charge in [0.1, 0.15) is 18.1 Å². The van der Waals surface area contributed by atoms with E-state index in [2.05, 4.69) is 20.6 Å². The Morgan fingerprint density at radius 1 is 1.26 bits per heavy atom. The van der Waals surface area contributed by atoms with Crippen molar-refractivity contribution < 1.29 is 34.2 Å². The zero-order chi connectivity index (χ0) is 25.4. The van der Waals surface area contributed by atoms with Crippen LogP contribution in [0.4, 0.5) is 0 Å². The fourth-order valence-corrected chi connectivity index (χ4v) is 3.79. The van der Waals surface area contributed by atoms with Crippen molar-refractivity contribution in [2.24, 2.45) is 11.7 Å². The van der Waals surface area contributed by atoms with Crippen molar-refractivity contribution in [3.8, 4) is 0 Å². The normalized spacial score (nSPS) is 19.0. The van der Waals surface area contributed by atoms with Gasteiger partial charge in [-0.2, -0.15) is 0 Å². The zero-order valence-corrected chi connectivity index (χ0v) is 19.2. The third-order valence-corrected chi connectivity index (χ3v) is 5.94. The molecule has 0 aliphatic carbocycles. The molecule has 1 aromatic rings. The van der Waals surface area contributed by atoms with Gasteiger partial charge in [-0.3, -0.25) is 19.2 Å². The summed E-state index contributed by atoms with van der Waals surface area (Å²) in [4.78, 5) is 69.2. The van der Waals surface area contributed by atoms with Gasteiger partial charge < -0.3 is 36.5 Å². The fraction of sp³-hybridized carbons (Fsp3) is 0.619. The van der Waals surface area contributed by atoms with Gasteiger partial charge in [0, 0.05) is 24.9 Å². The van der Waals surface area contributed by atoms with Crippen molar-refractivity contribution in [1.82, 2.24) is 25.5 Å². The molecule has 3 amide bonds. The summed E-state index contributed by atoms with van der Waals surface area (Å²) in [5.74, 6) is -4.65. The zero-order valence-electron chi connectivity index (χ0n) is 19.2. The minimum Gasteiger partial charge on any atom is -0.481 e. The number of aromatic amines is 1. The highest BCUT2D eigenvalue weighted by Crippen LogP contribution is 2.22. The number of amides is 3. The number of aromatic nitrogens is 2. The summed E-state index contributed by atoms with van der Waals surface area (Å²) in [5.41, 5.74) is 6.16. The largest absolute Gasteiger partial charge is 0.481 e. The molecule has 34 heavy (non-hydrogen) atoms. The lowest BCUT2D eigenvalue weighted by atomic mass is 9.96. The number of aliphatic carboxylic acids is 2. The number of hydrogen-bond donors (Lipinski definition) is 6. The smallest absolute Gasteiger partial charge is 0.326 e. The van der Waals surface area contributed by atoms with Crippen LogP contribution in [0.1, 0.15) is 45.2 Å².